The number of esters is 1. The van der Waals surface area contributed by atoms with Gasteiger partial charge in [0.05, 0.1) is 12.2 Å². The zero-order chi connectivity index (χ0) is 19.0. The van der Waals surface area contributed by atoms with E-state index in [9.17, 15) is 4.79 Å². The SMILES string of the molecule is CCCCOCC(CN(CCCC)CCCC)OC(=O)c1ccccc1. The summed E-state index contributed by atoms with van der Waals surface area (Å²) in [6, 6.07) is 9.21. The molecule has 26 heavy (non-hydrogen) atoms. The fourth-order valence-electron chi connectivity index (χ4n) is 2.72. The van der Waals surface area contributed by atoms with Crippen molar-refractivity contribution in [3.05, 3.63) is 35.9 Å². The van der Waals surface area contributed by atoms with Crippen LogP contribution in [0.1, 0.15) is 69.7 Å². The number of rotatable bonds is 15. The van der Waals surface area contributed by atoms with Crippen molar-refractivity contribution >= 4 is 5.97 Å². The Labute approximate surface area is 159 Å². The lowest BCUT2D eigenvalue weighted by molar-refractivity contribution is -0.0170. The van der Waals surface area contributed by atoms with Gasteiger partial charge in [-0.1, -0.05) is 58.2 Å². The topological polar surface area (TPSA) is 38.8 Å². The first kappa shape index (κ1) is 22.7. The molecule has 0 N–H and O–H groups in total. The lowest BCUT2D eigenvalue weighted by Gasteiger charge is -2.27. The monoisotopic (exact) mass is 363 g/mol. The minimum atomic E-state index is -0.263. The van der Waals surface area contributed by atoms with Crippen molar-refractivity contribution in [3.8, 4) is 0 Å². The van der Waals surface area contributed by atoms with E-state index in [1.165, 1.54) is 25.7 Å². The Bertz CT molecular complexity index is 456. The summed E-state index contributed by atoms with van der Waals surface area (Å²) >= 11 is 0. The zero-order valence-electron chi connectivity index (χ0n) is 16.9. The molecule has 1 aromatic rings. The van der Waals surface area contributed by atoms with Crippen molar-refractivity contribution in [1.29, 1.82) is 0 Å². The van der Waals surface area contributed by atoms with Crippen LogP contribution in [0.2, 0.25) is 0 Å². The second-order valence-corrected chi connectivity index (χ2v) is 6.83. The van der Waals surface area contributed by atoms with Gasteiger partial charge in [0.15, 0.2) is 0 Å². The first-order valence-corrected chi connectivity index (χ1v) is 10.3. The Morgan fingerprint density at radius 1 is 0.962 bits per heavy atom. The van der Waals surface area contributed by atoms with Crippen LogP contribution in [0.3, 0.4) is 0 Å². The van der Waals surface area contributed by atoms with E-state index in [1.807, 2.05) is 18.2 Å². The standard InChI is InChI=1S/C22H37NO3/c1-4-7-15-23(16-8-5-2)18-21(19-25-17-9-6-3)26-22(24)20-13-11-10-12-14-20/h10-14,21H,4-9,15-19H2,1-3H3. The van der Waals surface area contributed by atoms with Crippen LogP contribution in [0.4, 0.5) is 0 Å². The fourth-order valence-corrected chi connectivity index (χ4v) is 2.72. The molecule has 0 aliphatic heterocycles. The maximum absolute atomic E-state index is 12.5. The molecule has 0 aliphatic rings. The third kappa shape index (κ3) is 9.93. The summed E-state index contributed by atoms with van der Waals surface area (Å²) in [6.45, 7) is 10.6. The zero-order valence-corrected chi connectivity index (χ0v) is 16.9. The van der Waals surface area contributed by atoms with Gasteiger partial charge in [-0.3, -0.25) is 4.90 Å². The van der Waals surface area contributed by atoms with Crippen LogP contribution >= 0.6 is 0 Å². The third-order valence-electron chi connectivity index (χ3n) is 4.35. The van der Waals surface area contributed by atoms with Crippen molar-refractivity contribution in [2.24, 2.45) is 0 Å². The largest absolute Gasteiger partial charge is 0.455 e. The minimum Gasteiger partial charge on any atom is -0.455 e. The first-order chi connectivity index (χ1) is 12.7. The van der Waals surface area contributed by atoms with Gasteiger partial charge in [0.1, 0.15) is 6.10 Å². The summed E-state index contributed by atoms with van der Waals surface area (Å²) in [7, 11) is 0. The molecule has 0 bridgehead atoms. The highest BCUT2D eigenvalue weighted by molar-refractivity contribution is 5.89. The Kier molecular flexibility index (Phi) is 12.8. The lowest BCUT2D eigenvalue weighted by atomic mass is 10.2. The summed E-state index contributed by atoms with van der Waals surface area (Å²) in [5.74, 6) is -0.263. The van der Waals surface area contributed by atoms with Gasteiger partial charge >= 0.3 is 5.97 Å². The predicted molar refractivity (Wildman–Crippen MR) is 108 cm³/mol. The Hall–Kier alpha value is -1.39. The number of unbranched alkanes of at least 4 members (excludes halogenated alkanes) is 3. The molecule has 0 saturated carbocycles. The number of hydrogen-bond acceptors (Lipinski definition) is 4. The number of nitrogens with zero attached hydrogens (tertiary/aromatic N) is 1. The van der Waals surface area contributed by atoms with Gasteiger partial charge in [0.25, 0.3) is 0 Å². The van der Waals surface area contributed by atoms with Crippen molar-refractivity contribution in [1.82, 2.24) is 4.90 Å². The van der Waals surface area contributed by atoms with E-state index >= 15 is 0 Å². The maximum atomic E-state index is 12.5. The van der Waals surface area contributed by atoms with E-state index in [1.54, 1.807) is 12.1 Å². The van der Waals surface area contributed by atoms with E-state index in [2.05, 4.69) is 25.7 Å². The number of hydrogen-bond donors (Lipinski definition) is 0. The van der Waals surface area contributed by atoms with Crippen LogP contribution in [0.5, 0.6) is 0 Å². The van der Waals surface area contributed by atoms with E-state index < -0.39 is 0 Å². The molecule has 0 heterocycles. The molecule has 1 unspecified atom stereocenters. The van der Waals surface area contributed by atoms with Gasteiger partial charge < -0.3 is 9.47 Å². The molecule has 0 spiro atoms. The van der Waals surface area contributed by atoms with Crippen molar-refractivity contribution < 1.29 is 14.3 Å². The van der Waals surface area contributed by atoms with Gasteiger partial charge in [0.2, 0.25) is 0 Å². The second-order valence-electron chi connectivity index (χ2n) is 6.83. The summed E-state index contributed by atoms with van der Waals surface area (Å²) in [5.41, 5.74) is 0.597. The van der Waals surface area contributed by atoms with E-state index in [4.69, 9.17) is 9.47 Å². The molecule has 0 amide bonds. The quantitative estimate of drug-likeness (QED) is 0.327. The normalized spacial score (nSPS) is 12.3. The van der Waals surface area contributed by atoms with Crippen LogP contribution in [0, 0.1) is 0 Å². The molecule has 0 aliphatic carbocycles. The second kappa shape index (κ2) is 14.7. The molecule has 0 radical (unpaired) electrons. The van der Waals surface area contributed by atoms with E-state index in [0.29, 0.717) is 12.2 Å². The Morgan fingerprint density at radius 2 is 1.58 bits per heavy atom. The Morgan fingerprint density at radius 3 is 2.15 bits per heavy atom. The molecule has 1 rings (SSSR count). The first-order valence-electron chi connectivity index (χ1n) is 10.3. The average Bonchev–Trinajstić information content (AvgIpc) is 2.67. The number of benzene rings is 1. The molecular formula is C22H37NO3. The van der Waals surface area contributed by atoms with Gasteiger partial charge in [0, 0.05) is 13.2 Å². The van der Waals surface area contributed by atoms with Gasteiger partial charge in [-0.05, 0) is 44.5 Å². The molecule has 4 nitrogen and oxygen atoms in total. The summed E-state index contributed by atoms with van der Waals surface area (Å²) in [4.78, 5) is 14.9. The van der Waals surface area contributed by atoms with Gasteiger partial charge in [-0.2, -0.15) is 0 Å². The molecule has 0 aromatic heterocycles. The highest BCUT2D eigenvalue weighted by Gasteiger charge is 2.19. The highest BCUT2D eigenvalue weighted by atomic mass is 16.6. The molecule has 0 fully saturated rings. The predicted octanol–water partition coefficient (Wildman–Crippen LogP) is 4.93. The smallest absolute Gasteiger partial charge is 0.338 e. The van der Waals surface area contributed by atoms with Crippen molar-refractivity contribution in [2.45, 2.75) is 65.4 Å². The molecule has 1 aromatic carbocycles. The van der Waals surface area contributed by atoms with Gasteiger partial charge in [-0.15, -0.1) is 0 Å². The minimum absolute atomic E-state index is 0.228. The van der Waals surface area contributed by atoms with Crippen LogP contribution in [0.25, 0.3) is 0 Å². The summed E-state index contributed by atoms with van der Waals surface area (Å²) < 4.78 is 11.6. The Balaban J connectivity index is 2.66. The third-order valence-corrected chi connectivity index (χ3v) is 4.35. The summed E-state index contributed by atoms with van der Waals surface area (Å²) in [6.07, 6.45) is 6.59. The summed E-state index contributed by atoms with van der Waals surface area (Å²) in [5, 5.41) is 0. The number of ether oxygens (including phenoxy) is 2. The van der Waals surface area contributed by atoms with Crippen LogP contribution < -0.4 is 0 Å². The fraction of sp³-hybridized carbons (Fsp3) is 0.682. The average molecular weight is 364 g/mol. The van der Waals surface area contributed by atoms with Crippen LogP contribution in [0.15, 0.2) is 30.3 Å². The molecule has 0 saturated heterocycles. The molecular weight excluding hydrogens is 326 g/mol. The lowest BCUT2D eigenvalue weighted by Crippen LogP contribution is -2.39. The molecule has 148 valence electrons. The molecule has 4 heteroatoms. The van der Waals surface area contributed by atoms with Crippen LogP contribution in [-0.2, 0) is 9.47 Å². The van der Waals surface area contributed by atoms with E-state index in [0.717, 1.165) is 39.1 Å². The van der Waals surface area contributed by atoms with Crippen molar-refractivity contribution in [3.63, 3.8) is 0 Å². The highest BCUT2D eigenvalue weighted by Crippen LogP contribution is 2.08. The maximum Gasteiger partial charge on any atom is 0.338 e. The van der Waals surface area contributed by atoms with Crippen LogP contribution in [-0.4, -0.2) is 49.8 Å². The number of carbonyl (C=O) groups is 1. The van der Waals surface area contributed by atoms with Crippen molar-refractivity contribution in [2.75, 3.05) is 32.8 Å². The van der Waals surface area contributed by atoms with Gasteiger partial charge in [-0.25, -0.2) is 4.79 Å². The molecule has 1 atom stereocenters. The number of carbonyl (C=O) groups excluding carboxylic acids is 1. The van der Waals surface area contributed by atoms with E-state index in [-0.39, 0.29) is 12.1 Å².